The van der Waals surface area contributed by atoms with Crippen LogP contribution < -0.4 is 10.6 Å². The Labute approximate surface area is 150 Å². The molecule has 2 amide bonds. The maximum absolute atomic E-state index is 12.4. The van der Waals surface area contributed by atoms with Crippen LogP contribution in [0.15, 0.2) is 48.5 Å². The van der Waals surface area contributed by atoms with E-state index >= 15 is 0 Å². The summed E-state index contributed by atoms with van der Waals surface area (Å²) in [6.07, 6.45) is -0.0177. The summed E-state index contributed by atoms with van der Waals surface area (Å²) in [5.41, 5.74) is 1.55. The monoisotopic (exact) mass is 351 g/mol. The lowest BCUT2D eigenvalue weighted by atomic mass is 10.0. The number of hydrogen-bond donors (Lipinski definition) is 3. The van der Waals surface area contributed by atoms with Crippen molar-refractivity contribution in [2.45, 2.75) is 19.4 Å². The van der Waals surface area contributed by atoms with E-state index in [0.717, 1.165) is 0 Å². The first-order valence-corrected chi connectivity index (χ1v) is 7.80. The first kappa shape index (κ1) is 18.7. The van der Waals surface area contributed by atoms with Crippen LogP contribution in [-0.4, -0.2) is 28.9 Å². The fraction of sp³-hybridized carbons (Fsp3) is 0.158. The van der Waals surface area contributed by atoms with Gasteiger partial charge in [0.05, 0.1) is 11.6 Å². The average Bonchev–Trinajstić information content (AvgIpc) is 2.61. The van der Waals surface area contributed by atoms with Crippen LogP contribution in [0.1, 0.15) is 28.4 Å². The highest BCUT2D eigenvalue weighted by molar-refractivity contribution is 5.98. The molecule has 3 N–H and O–H groups in total. The van der Waals surface area contributed by atoms with Gasteiger partial charge < -0.3 is 15.7 Å². The van der Waals surface area contributed by atoms with E-state index in [2.05, 4.69) is 10.6 Å². The van der Waals surface area contributed by atoms with E-state index in [1.807, 2.05) is 6.07 Å². The Kier molecular flexibility index (Phi) is 6.06. The smallest absolute Gasteiger partial charge is 0.326 e. The van der Waals surface area contributed by atoms with Crippen LogP contribution in [0.4, 0.5) is 5.69 Å². The largest absolute Gasteiger partial charge is 0.480 e. The van der Waals surface area contributed by atoms with Gasteiger partial charge in [-0.25, -0.2) is 4.79 Å². The summed E-state index contributed by atoms with van der Waals surface area (Å²) in [4.78, 5) is 35.0. The molecule has 0 aliphatic carbocycles. The fourth-order valence-electron chi connectivity index (χ4n) is 2.41. The molecule has 2 aromatic rings. The van der Waals surface area contributed by atoms with Gasteiger partial charge in [0, 0.05) is 24.6 Å². The third-order valence-electron chi connectivity index (χ3n) is 3.61. The molecule has 0 aliphatic rings. The molecular formula is C19H17N3O4. The minimum Gasteiger partial charge on any atom is -0.480 e. The molecule has 2 rings (SSSR count). The van der Waals surface area contributed by atoms with E-state index in [9.17, 15) is 19.5 Å². The summed E-state index contributed by atoms with van der Waals surface area (Å²) in [6, 6.07) is 13.6. The zero-order chi connectivity index (χ0) is 19.1. The molecule has 0 spiro atoms. The number of aliphatic carboxylic acids is 1. The fourth-order valence-corrected chi connectivity index (χ4v) is 2.41. The molecule has 0 saturated heterocycles. The molecule has 0 aliphatic heterocycles. The standard InChI is InChI=1S/C19H17N3O4/c1-12(23)21-16-8-4-7-14(9-16)18(24)22-17(19(25)26)10-13-5-2-3-6-15(13)11-20/h2-9,17H,10H2,1H3,(H,21,23)(H,22,24)(H,25,26)/t17-/m0/s1. The highest BCUT2D eigenvalue weighted by atomic mass is 16.4. The van der Waals surface area contributed by atoms with Gasteiger partial charge in [-0.2, -0.15) is 5.26 Å². The number of anilines is 1. The summed E-state index contributed by atoms with van der Waals surface area (Å²) >= 11 is 0. The predicted octanol–water partition coefficient (Wildman–Crippen LogP) is 1.94. The number of hydrogen-bond acceptors (Lipinski definition) is 4. The van der Waals surface area contributed by atoms with Crippen LogP contribution in [0.25, 0.3) is 0 Å². The highest BCUT2D eigenvalue weighted by Crippen LogP contribution is 2.13. The van der Waals surface area contributed by atoms with Gasteiger partial charge >= 0.3 is 5.97 Å². The van der Waals surface area contributed by atoms with Gasteiger partial charge in [0.2, 0.25) is 5.91 Å². The molecule has 1 atom stereocenters. The maximum atomic E-state index is 12.4. The van der Waals surface area contributed by atoms with E-state index in [1.54, 1.807) is 36.4 Å². The lowest BCUT2D eigenvalue weighted by Crippen LogP contribution is -2.42. The first-order valence-electron chi connectivity index (χ1n) is 7.80. The molecule has 132 valence electrons. The second-order valence-electron chi connectivity index (χ2n) is 5.60. The summed E-state index contributed by atoms with van der Waals surface area (Å²) in [5.74, 6) is -2.07. The van der Waals surface area contributed by atoms with Crippen molar-refractivity contribution in [3.63, 3.8) is 0 Å². The number of nitrogens with zero attached hydrogens (tertiary/aromatic N) is 1. The van der Waals surface area contributed by atoms with Crippen molar-refractivity contribution in [3.05, 3.63) is 65.2 Å². The van der Waals surface area contributed by atoms with Crippen LogP contribution in [0.3, 0.4) is 0 Å². The normalized spacial score (nSPS) is 11.1. The second-order valence-corrected chi connectivity index (χ2v) is 5.60. The Morgan fingerprint density at radius 3 is 2.54 bits per heavy atom. The number of carboxylic acid groups (broad SMARTS) is 1. The Morgan fingerprint density at radius 2 is 1.88 bits per heavy atom. The third kappa shape index (κ3) is 4.92. The van der Waals surface area contributed by atoms with Crippen LogP contribution in [0, 0.1) is 11.3 Å². The number of nitriles is 1. The van der Waals surface area contributed by atoms with Gasteiger partial charge in [-0.15, -0.1) is 0 Å². The van der Waals surface area contributed by atoms with Crippen LogP contribution in [-0.2, 0) is 16.0 Å². The molecule has 7 nitrogen and oxygen atoms in total. The number of amides is 2. The van der Waals surface area contributed by atoms with Gasteiger partial charge in [-0.1, -0.05) is 24.3 Å². The molecule has 2 aromatic carbocycles. The Hall–Kier alpha value is -3.66. The van der Waals surface area contributed by atoms with E-state index in [4.69, 9.17) is 5.26 Å². The number of benzene rings is 2. The third-order valence-corrected chi connectivity index (χ3v) is 3.61. The quantitative estimate of drug-likeness (QED) is 0.735. The maximum Gasteiger partial charge on any atom is 0.326 e. The molecule has 0 aromatic heterocycles. The van der Waals surface area contributed by atoms with E-state index in [-0.39, 0.29) is 17.9 Å². The average molecular weight is 351 g/mol. The minimum atomic E-state index is -1.20. The van der Waals surface area contributed by atoms with Gasteiger partial charge in [0.25, 0.3) is 5.91 Å². The summed E-state index contributed by atoms with van der Waals surface area (Å²) in [6.45, 7) is 1.35. The highest BCUT2D eigenvalue weighted by Gasteiger charge is 2.22. The number of nitrogens with one attached hydrogen (secondary N) is 2. The van der Waals surface area contributed by atoms with E-state index in [0.29, 0.717) is 16.8 Å². The summed E-state index contributed by atoms with van der Waals surface area (Å²) < 4.78 is 0. The van der Waals surface area contributed by atoms with Crippen molar-refractivity contribution in [1.82, 2.24) is 5.32 Å². The number of carbonyl (C=O) groups is 3. The van der Waals surface area contributed by atoms with Crippen molar-refractivity contribution in [2.24, 2.45) is 0 Å². The second kappa shape index (κ2) is 8.44. The summed E-state index contributed by atoms with van der Waals surface area (Å²) in [7, 11) is 0. The molecular weight excluding hydrogens is 334 g/mol. The molecule has 0 fully saturated rings. The molecule has 0 radical (unpaired) electrons. The molecule has 0 bridgehead atoms. The van der Waals surface area contributed by atoms with Crippen LogP contribution >= 0.6 is 0 Å². The number of carbonyl (C=O) groups excluding carboxylic acids is 2. The van der Waals surface area contributed by atoms with E-state index < -0.39 is 17.9 Å². The first-order chi connectivity index (χ1) is 12.4. The van der Waals surface area contributed by atoms with Crippen molar-refractivity contribution < 1.29 is 19.5 Å². The zero-order valence-corrected chi connectivity index (χ0v) is 14.0. The van der Waals surface area contributed by atoms with Crippen molar-refractivity contribution in [3.8, 4) is 6.07 Å². The Balaban J connectivity index is 2.17. The van der Waals surface area contributed by atoms with Crippen molar-refractivity contribution in [2.75, 3.05) is 5.32 Å². The van der Waals surface area contributed by atoms with E-state index in [1.165, 1.54) is 19.1 Å². The lowest BCUT2D eigenvalue weighted by Gasteiger charge is -2.16. The number of carboxylic acids is 1. The SMILES string of the molecule is CC(=O)Nc1cccc(C(=O)N[C@@H](Cc2ccccc2C#N)C(=O)O)c1. The summed E-state index contributed by atoms with van der Waals surface area (Å²) in [5, 5.41) is 23.5. The molecule has 0 heterocycles. The number of rotatable bonds is 6. The van der Waals surface area contributed by atoms with Crippen LogP contribution in [0.2, 0.25) is 0 Å². The topological polar surface area (TPSA) is 119 Å². The van der Waals surface area contributed by atoms with Gasteiger partial charge in [-0.05, 0) is 29.8 Å². The Bertz CT molecular complexity index is 886. The van der Waals surface area contributed by atoms with Crippen LogP contribution in [0.5, 0.6) is 0 Å². The zero-order valence-electron chi connectivity index (χ0n) is 14.0. The van der Waals surface area contributed by atoms with Gasteiger partial charge in [0.1, 0.15) is 6.04 Å². The van der Waals surface area contributed by atoms with Gasteiger partial charge in [0.15, 0.2) is 0 Å². The molecule has 26 heavy (non-hydrogen) atoms. The van der Waals surface area contributed by atoms with Gasteiger partial charge in [-0.3, -0.25) is 9.59 Å². The Morgan fingerprint density at radius 1 is 1.15 bits per heavy atom. The lowest BCUT2D eigenvalue weighted by molar-refractivity contribution is -0.139. The van der Waals surface area contributed by atoms with Crippen molar-refractivity contribution >= 4 is 23.5 Å². The predicted molar refractivity (Wildman–Crippen MR) is 94.5 cm³/mol. The van der Waals surface area contributed by atoms with Crippen molar-refractivity contribution in [1.29, 1.82) is 5.26 Å². The minimum absolute atomic E-state index is 0.0177. The molecule has 0 saturated carbocycles. The molecule has 7 heteroatoms. The molecule has 0 unspecified atom stereocenters.